The third-order valence-corrected chi connectivity index (χ3v) is 5.37. The molecule has 22 heavy (non-hydrogen) atoms. The van der Waals surface area contributed by atoms with Crippen molar-refractivity contribution < 1.29 is 0 Å². The third kappa shape index (κ3) is 1.46. The number of pyridine rings is 1. The second-order valence-electron chi connectivity index (χ2n) is 5.46. The van der Waals surface area contributed by atoms with E-state index >= 15 is 0 Å². The SMILES string of the molecule is O=c1[nH]c2ccc3sc4ccccc4c3c2c2ccccc12. The van der Waals surface area contributed by atoms with Gasteiger partial charge in [0, 0.05) is 36.5 Å². The van der Waals surface area contributed by atoms with E-state index in [2.05, 4.69) is 35.3 Å². The van der Waals surface area contributed by atoms with Crippen molar-refractivity contribution in [1.29, 1.82) is 0 Å². The van der Waals surface area contributed by atoms with Gasteiger partial charge in [0.2, 0.25) is 0 Å². The van der Waals surface area contributed by atoms with Crippen molar-refractivity contribution in [1.82, 2.24) is 4.98 Å². The topological polar surface area (TPSA) is 32.9 Å². The van der Waals surface area contributed by atoms with Crippen LogP contribution in [-0.4, -0.2) is 4.98 Å². The van der Waals surface area contributed by atoms with Gasteiger partial charge in [-0.1, -0.05) is 36.4 Å². The van der Waals surface area contributed by atoms with Crippen molar-refractivity contribution in [3.8, 4) is 0 Å². The van der Waals surface area contributed by atoms with Crippen LogP contribution in [0.5, 0.6) is 0 Å². The van der Waals surface area contributed by atoms with E-state index in [-0.39, 0.29) is 5.56 Å². The summed E-state index contributed by atoms with van der Waals surface area (Å²) in [5, 5.41) is 5.41. The van der Waals surface area contributed by atoms with E-state index in [9.17, 15) is 4.79 Å². The summed E-state index contributed by atoms with van der Waals surface area (Å²) in [4.78, 5) is 15.3. The number of hydrogen-bond acceptors (Lipinski definition) is 2. The lowest BCUT2D eigenvalue weighted by Crippen LogP contribution is -2.05. The molecule has 0 amide bonds. The molecule has 0 saturated carbocycles. The molecular formula is C19H11NOS. The maximum atomic E-state index is 12.3. The smallest absolute Gasteiger partial charge is 0.256 e. The van der Waals surface area contributed by atoms with Crippen molar-refractivity contribution in [2.24, 2.45) is 0 Å². The Balaban J connectivity index is 2.21. The zero-order valence-electron chi connectivity index (χ0n) is 11.6. The highest BCUT2D eigenvalue weighted by atomic mass is 32.1. The van der Waals surface area contributed by atoms with Gasteiger partial charge in [0.05, 0.1) is 0 Å². The van der Waals surface area contributed by atoms with E-state index in [0.29, 0.717) is 0 Å². The molecule has 0 aliphatic heterocycles. The summed E-state index contributed by atoms with van der Waals surface area (Å²) in [6.45, 7) is 0. The lowest BCUT2D eigenvalue weighted by Gasteiger charge is -2.05. The Kier molecular flexibility index (Phi) is 2.27. The van der Waals surface area contributed by atoms with Gasteiger partial charge >= 0.3 is 0 Å². The van der Waals surface area contributed by atoms with Gasteiger partial charge in [-0.15, -0.1) is 11.3 Å². The average Bonchev–Trinajstić information content (AvgIpc) is 2.93. The normalized spacial score (nSPS) is 11.8. The molecule has 3 aromatic carbocycles. The van der Waals surface area contributed by atoms with Crippen LogP contribution in [0.15, 0.2) is 65.5 Å². The predicted octanol–water partition coefficient (Wildman–Crippen LogP) is 5.05. The number of fused-ring (bicyclic) bond motifs is 7. The summed E-state index contributed by atoms with van der Waals surface area (Å²) in [5.41, 5.74) is 0.877. The lowest BCUT2D eigenvalue weighted by atomic mass is 10.0. The minimum atomic E-state index is -0.0259. The number of aromatic amines is 1. The molecule has 0 unspecified atom stereocenters. The van der Waals surface area contributed by atoms with Crippen LogP contribution in [0.2, 0.25) is 0 Å². The summed E-state index contributed by atoms with van der Waals surface area (Å²) in [6, 6.07) is 20.4. The summed E-state index contributed by atoms with van der Waals surface area (Å²) in [6.07, 6.45) is 0. The van der Waals surface area contributed by atoms with Crippen LogP contribution < -0.4 is 5.56 Å². The van der Waals surface area contributed by atoms with Crippen LogP contribution in [0.3, 0.4) is 0 Å². The summed E-state index contributed by atoms with van der Waals surface area (Å²) in [7, 11) is 0. The van der Waals surface area contributed by atoms with Crippen LogP contribution in [0.4, 0.5) is 0 Å². The van der Waals surface area contributed by atoms with Crippen LogP contribution in [0.1, 0.15) is 0 Å². The Hall–Kier alpha value is -2.65. The van der Waals surface area contributed by atoms with E-state index in [4.69, 9.17) is 0 Å². The molecule has 0 bridgehead atoms. The van der Waals surface area contributed by atoms with Crippen molar-refractivity contribution in [2.75, 3.05) is 0 Å². The zero-order valence-corrected chi connectivity index (χ0v) is 12.4. The summed E-state index contributed by atoms with van der Waals surface area (Å²) in [5.74, 6) is 0. The van der Waals surface area contributed by atoms with Crippen molar-refractivity contribution in [2.45, 2.75) is 0 Å². The average molecular weight is 301 g/mol. The van der Waals surface area contributed by atoms with Crippen LogP contribution >= 0.6 is 11.3 Å². The molecule has 5 aromatic rings. The predicted molar refractivity (Wildman–Crippen MR) is 95.0 cm³/mol. The first kappa shape index (κ1) is 12.0. The fourth-order valence-corrected chi connectivity index (χ4v) is 4.40. The number of rotatable bonds is 0. The molecule has 5 rings (SSSR count). The second-order valence-corrected chi connectivity index (χ2v) is 6.54. The molecular weight excluding hydrogens is 290 g/mol. The van der Waals surface area contributed by atoms with Crippen LogP contribution in [0.25, 0.3) is 41.8 Å². The summed E-state index contributed by atoms with van der Waals surface area (Å²) < 4.78 is 2.53. The molecule has 0 aliphatic carbocycles. The van der Waals surface area contributed by atoms with Gasteiger partial charge in [-0.25, -0.2) is 0 Å². The van der Waals surface area contributed by atoms with Crippen molar-refractivity contribution in [3.63, 3.8) is 0 Å². The Morgan fingerprint density at radius 1 is 0.682 bits per heavy atom. The van der Waals surface area contributed by atoms with E-state index in [1.54, 1.807) is 11.3 Å². The van der Waals surface area contributed by atoms with Gasteiger partial charge in [-0.2, -0.15) is 0 Å². The number of thiophene rings is 1. The van der Waals surface area contributed by atoms with Crippen molar-refractivity contribution >= 4 is 53.2 Å². The Bertz CT molecular complexity index is 1250. The maximum absolute atomic E-state index is 12.3. The molecule has 3 heteroatoms. The first-order valence-electron chi connectivity index (χ1n) is 7.18. The highest BCUT2D eigenvalue weighted by Crippen LogP contribution is 2.39. The Morgan fingerprint density at radius 3 is 2.27 bits per heavy atom. The quantitative estimate of drug-likeness (QED) is 0.399. The molecule has 0 atom stereocenters. The minimum Gasteiger partial charge on any atom is -0.321 e. The van der Waals surface area contributed by atoms with Gasteiger partial charge < -0.3 is 4.98 Å². The molecule has 0 aliphatic rings. The zero-order chi connectivity index (χ0) is 14.7. The number of aromatic nitrogens is 1. The molecule has 0 fully saturated rings. The summed E-state index contributed by atoms with van der Waals surface area (Å²) >= 11 is 1.80. The molecule has 2 heterocycles. The lowest BCUT2D eigenvalue weighted by molar-refractivity contribution is 1.35. The molecule has 2 nitrogen and oxygen atoms in total. The monoisotopic (exact) mass is 301 g/mol. The van der Waals surface area contributed by atoms with Crippen LogP contribution in [0, 0.1) is 0 Å². The van der Waals surface area contributed by atoms with Gasteiger partial charge in [0.15, 0.2) is 0 Å². The number of H-pyrrole nitrogens is 1. The Morgan fingerprint density at radius 2 is 1.41 bits per heavy atom. The number of nitrogens with one attached hydrogen (secondary N) is 1. The molecule has 0 spiro atoms. The first-order chi connectivity index (χ1) is 10.8. The standard InChI is InChI=1S/C19H11NOS/c21-19-12-6-2-1-5-11(12)17-14(20-19)9-10-16-18(17)13-7-3-4-8-15(13)22-16/h1-10H,(H,20,21). The van der Waals surface area contributed by atoms with Gasteiger partial charge in [-0.3, -0.25) is 4.79 Å². The second kappa shape index (κ2) is 4.18. The molecule has 2 aromatic heterocycles. The maximum Gasteiger partial charge on any atom is 0.256 e. The van der Waals surface area contributed by atoms with Gasteiger partial charge in [-0.05, 0) is 29.7 Å². The first-order valence-corrected chi connectivity index (χ1v) is 7.99. The number of benzene rings is 3. The fraction of sp³-hybridized carbons (Fsp3) is 0. The third-order valence-electron chi connectivity index (χ3n) is 4.23. The van der Waals surface area contributed by atoms with E-state index in [0.717, 1.165) is 21.7 Å². The Labute approximate surface area is 129 Å². The van der Waals surface area contributed by atoms with Crippen LogP contribution in [-0.2, 0) is 0 Å². The number of hydrogen-bond donors (Lipinski definition) is 1. The highest BCUT2D eigenvalue weighted by molar-refractivity contribution is 7.26. The van der Waals surface area contributed by atoms with Crippen molar-refractivity contribution in [3.05, 3.63) is 71.0 Å². The largest absolute Gasteiger partial charge is 0.321 e. The molecule has 104 valence electrons. The molecule has 1 N–H and O–H groups in total. The van der Waals surface area contributed by atoms with Gasteiger partial charge in [0.25, 0.3) is 5.56 Å². The van der Waals surface area contributed by atoms with E-state index in [1.807, 2.05) is 30.3 Å². The van der Waals surface area contributed by atoms with E-state index < -0.39 is 0 Å². The van der Waals surface area contributed by atoms with E-state index in [1.165, 1.54) is 20.2 Å². The molecule has 0 radical (unpaired) electrons. The highest BCUT2D eigenvalue weighted by Gasteiger charge is 2.12. The van der Waals surface area contributed by atoms with Gasteiger partial charge in [0.1, 0.15) is 0 Å². The minimum absolute atomic E-state index is 0.0259. The molecule has 0 saturated heterocycles. The fourth-order valence-electron chi connectivity index (χ4n) is 3.29.